The summed E-state index contributed by atoms with van der Waals surface area (Å²) in [6.07, 6.45) is 2.83. The predicted molar refractivity (Wildman–Crippen MR) is 106 cm³/mol. The van der Waals surface area contributed by atoms with E-state index in [0.717, 1.165) is 12.1 Å². The van der Waals surface area contributed by atoms with Crippen LogP contribution in [-0.2, 0) is 19.9 Å². The van der Waals surface area contributed by atoms with Gasteiger partial charge in [-0.25, -0.2) is 25.9 Å². The lowest BCUT2D eigenvalue weighted by molar-refractivity contribution is 0.390. The minimum Gasteiger partial charge on any atom is -0.360 e. The lowest BCUT2D eigenvalue weighted by Gasteiger charge is -2.19. The second kappa shape index (κ2) is 8.25. The number of sulfone groups is 1. The molecule has 2 aromatic heterocycles. The fourth-order valence-corrected chi connectivity index (χ4v) is 6.25. The number of hydrogen-bond acceptors (Lipinski definition) is 7. The van der Waals surface area contributed by atoms with E-state index < -0.39 is 37.5 Å². The van der Waals surface area contributed by atoms with Crippen molar-refractivity contribution in [3.63, 3.8) is 0 Å². The Morgan fingerprint density at radius 3 is 2.43 bits per heavy atom. The van der Waals surface area contributed by atoms with Gasteiger partial charge in [0.1, 0.15) is 21.7 Å². The molecule has 0 saturated heterocycles. The molecule has 0 saturated carbocycles. The Hall–Kier alpha value is -2.63. The van der Waals surface area contributed by atoms with Gasteiger partial charge in [0.2, 0.25) is 10.0 Å². The standard InChI is InChI=1S/C19H20FN3O5S2/c1-12-9-16(6-7-17(12)20)29(24,25)18(15-5-4-8-21-10-15)11-22-30(26,27)19-13(2)23-28-14(19)3/h4-10,18,22H,11H2,1-3H3/t18-/m1/s1. The summed E-state index contributed by atoms with van der Waals surface area (Å²) in [5.74, 6) is -0.444. The predicted octanol–water partition coefficient (Wildman–Crippen LogP) is 2.63. The molecule has 2 heterocycles. The number of sulfonamides is 1. The molecule has 0 amide bonds. The van der Waals surface area contributed by atoms with Crippen LogP contribution < -0.4 is 4.72 Å². The Labute approximate surface area is 174 Å². The van der Waals surface area contributed by atoms with Crippen molar-refractivity contribution in [1.82, 2.24) is 14.9 Å². The first-order chi connectivity index (χ1) is 14.0. The smallest absolute Gasteiger partial charge is 0.246 e. The molecule has 1 atom stereocenters. The molecule has 0 bridgehead atoms. The molecule has 0 aliphatic heterocycles. The van der Waals surface area contributed by atoms with Crippen LogP contribution in [0.5, 0.6) is 0 Å². The number of pyridine rings is 1. The summed E-state index contributed by atoms with van der Waals surface area (Å²) in [5, 5.41) is 2.34. The van der Waals surface area contributed by atoms with Crippen molar-refractivity contribution >= 4 is 19.9 Å². The van der Waals surface area contributed by atoms with E-state index in [0.29, 0.717) is 5.56 Å². The lowest BCUT2D eigenvalue weighted by atomic mass is 10.2. The van der Waals surface area contributed by atoms with Gasteiger partial charge in [-0.2, -0.15) is 0 Å². The summed E-state index contributed by atoms with van der Waals surface area (Å²) in [6.45, 7) is 3.91. The highest BCUT2D eigenvalue weighted by Gasteiger charge is 2.33. The second-order valence-electron chi connectivity index (χ2n) is 6.74. The van der Waals surface area contributed by atoms with E-state index in [9.17, 15) is 21.2 Å². The van der Waals surface area contributed by atoms with E-state index in [-0.39, 0.29) is 26.8 Å². The van der Waals surface area contributed by atoms with Crippen molar-refractivity contribution < 1.29 is 25.7 Å². The first kappa shape index (κ1) is 22.1. The third-order valence-corrected chi connectivity index (χ3v) is 8.35. The maximum atomic E-state index is 13.6. The molecule has 11 heteroatoms. The van der Waals surface area contributed by atoms with Crippen molar-refractivity contribution in [3.05, 3.63) is 71.1 Å². The Morgan fingerprint density at radius 1 is 1.13 bits per heavy atom. The Morgan fingerprint density at radius 2 is 1.87 bits per heavy atom. The molecular weight excluding hydrogens is 433 g/mol. The van der Waals surface area contributed by atoms with Gasteiger partial charge in [-0.05, 0) is 56.2 Å². The van der Waals surface area contributed by atoms with Gasteiger partial charge in [0.15, 0.2) is 15.6 Å². The average Bonchev–Trinajstić information content (AvgIpc) is 3.03. The number of aromatic nitrogens is 2. The second-order valence-corrected chi connectivity index (χ2v) is 10.6. The topological polar surface area (TPSA) is 119 Å². The van der Waals surface area contributed by atoms with Crippen LogP contribution in [0.25, 0.3) is 0 Å². The van der Waals surface area contributed by atoms with Gasteiger partial charge < -0.3 is 4.52 Å². The number of benzene rings is 1. The third kappa shape index (κ3) is 4.27. The van der Waals surface area contributed by atoms with Gasteiger partial charge in [0.05, 0.1) is 4.90 Å². The largest absolute Gasteiger partial charge is 0.360 e. The summed E-state index contributed by atoms with van der Waals surface area (Å²) in [6, 6.07) is 6.53. The zero-order valence-electron chi connectivity index (χ0n) is 16.5. The zero-order valence-corrected chi connectivity index (χ0v) is 18.1. The number of hydrogen-bond donors (Lipinski definition) is 1. The molecule has 160 valence electrons. The molecule has 0 aliphatic rings. The molecule has 0 radical (unpaired) electrons. The summed E-state index contributed by atoms with van der Waals surface area (Å²) in [7, 11) is -8.17. The van der Waals surface area contributed by atoms with Crippen molar-refractivity contribution in [1.29, 1.82) is 0 Å². The fourth-order valence-electron chi connectivity index (χ4n) is 3.05. The molecule has 0 spiro atoms. The Balaban J connectivity index is 2.01. The van der Waals surface area contributed by atoms with Crippen LogP contribution in [0.3, 0.4) is 0 Å². The van der Waals surface area contributed by atoms with Crippen LogP contribution >= 0.6 is 0 Å². The third-order valence-electron chi connectivity index (χ3n) is 4.58. The van der Waals surface area contributed by atoms with Crippen LogP contribution in [0, 0.1) is 26.6 Å². The molecule has 8 nitrogen and oxygen atoms in total. The highest BCUT2D eigenvalue weighted by Crippen LogP contribution is 2.30. The number of rotatable bonds is 7. The first-order valence-electron chi connectivity index (χ1n) is 8.86. The molecule has 1 aromatic carbocycles. The molecule has 0 aliphatic carbocycles. The van der Waals surface area contributed by atoms with Gasteiger partial charge in [0, 0.05) is 18.9 Å². The van der Waals surface area contributed by atoms with E-state index in [4.69, 9.17) is 4.52 Å². The highest BCUT2D eigenvalue weighted by atomic mass is 32.2. The molecule has 0 fully saturated rings. The normalized spacial score (nSPS) is 13.3. The molecule has 0 unspecified atom stereocenters. The van der Waals surface area contributed by atoms with Crippen LogP contribution in [0.15, 0.2) is 57.0 Å². The van der Waals surface area contributed by atoms with Crippen LogP contribution in [-0.4, -0.2) is 33.5 Å². The van der Waals surface area contributed by atoms with Crippen molar-refractivity contribution in [2.75, 3.05) is 6.54 Å². The van der Waals surface area contributed by atoms with Crippen molar-refractivity contribution in [3.8, 4) is 0 Å². The molecule has 1 N–H and O–H groups in total. The van der Waals surface area contributed by atoms with Crippen LogP contribution in [0.2, 0.25) is 0 Å². The SMILES string of the molecule is Cc1cc(S(=O)(=O)[C@H](CNS(=O)(=O)c2c(C)noc2C)c2cccnc2)ccc1F. The Bertz CT molecular complexity index is 1250. The van der Waals surface area contributed by atoms with Gasteiger partial charge >= 0.3 is 0 Å². The maximum Gasteiger partial charge on any atom is 0.246 e. The van der Waals surface area contributed by atoms with E-state index >= 15 is 0 Å². The van der Waals surface area contributed by atoms with E-state index in [1.807, 2.05) is 0 Å². The average molecular weight is 454 g/mol. The molecule has 3 rings (SSSR count). The molecule has 3 aromatic rings. The molecule has 30 heavy (non-hydrogen) atoms. The number of nitrogens with zero attached hydrogens (tertiary/aromatic N) is 2. The maximum absolute atomic E-state index is 13.6. The first-order valence-corrected chi connectivity index (χ1v) is 11.9. The summed E-state index contributed by atoms with van der Waals surface area (Å²) in [5.41, 5.74) is 0.619. The van der Waals surface area contributed by atoms with Crippen LogP contribution in [0.4, 0.5) is 4.39 Å². The fraction of sp³-hybridized carbons (Fsp3) is 0.263. The number of halogens is 1. The van der Waals surface area contributed by atoms with E-state index in [2.05, 4.69) is 14.9 Å². The van der Waals surface area contributed by atoms with Gasteiger partial charge in [0.25, 0.3) is 0 Å². The quantitative estimate of drug-likeness (QED) is 0.546. The zero-order chi connectivity index (χ0) is 22.1. The highest BCUT2D eigenvalue weighted by molar-refractivity contribution is 7.92. The van der Waals surface area contributed by atoms with Gasteiger partial charge in [-0.3, -0.25) is 4.98 Å². The van der Waals surface area contributed by atoms with E-state index in [1.165, 1.54) is 45.3 Å². The minimum absolute atomic E-state index is 0.0925. The summed E-state index contributed by atoms with van der Waals surface area (Å²) >= 11 is 0. The summed E-state index contributed by atoms with van der Waals surface area (Å²) in [4.78, 5) is 3.68. The Kier molecular flexibility index (Phi) is 6.06. The number of aryl methyl sites for hydroxylation is 3. The van der Waals surface area contributed by atoms with Crippen molar-refractivity contribution in [2.24, 2.45) is 0 Å². The summed E-state index contributed by atoms with van der Waals surface area (Å²) < 4.78 is 73.0. The van der Waals surface area contributed by atoms with Crippen LogP contribution in [0.1, 0.15) is 27.8 Å². The van der Waals surface area contributed by atoms with E-state index in [1.54, 1.807) is 6.07 Å². The monoisotopic (exact) mass is 453 g/mol. The molecular formula is C19H20FN3O5S2. The van der Waals surface area contributed by atoms with Gasteiger partial charge in [-0.15, -0.1) is 0 Å². The number of nitrogens with one attached hydrogen (secondary N) is 1. The minimum atomic E-state index is -4.09. The lowest BCUT2D eigenvalue weighted by Crippen LogP contribution is -2.32. The van der Waals surface area contributed by atoms with Crippen molar-refractivity contribution in [2.45, 2.75) is 35.8 Å². The van der Waals surface area contributed by atoms with Gasteiger partial charge in [-0.1, -0.05) is 11.2 Å².